The van der Waals surface area contributed by atoms with E-state index in [4.69, 9.17) is 4.42 Å². The summed E-state index contributed by atoms with van der Waals surface area (Å²) < 4.78 is 28.5. The molecular formula is C20H21NO5S2. The lowest BCUT2D eigenvalue weighted by Crippen LogP contribution is -2.28. The van der Waals surface area contributed by atoms with Gasteiger partial charge in [0.1, 0.15) is 17.6 Å². The third kappa shape index (κ3) is 5.31. The number of nitrogens with one attached hydrogen (secondary N) is 1. The molecule has 0 fully saturated rings. The number of hydrogen-bond acceptors (Lipinski definition) is 6. The summed E-state index contributed by atoms with van der Waals surface area (Å²) in [4.78, 5) is 12.3. The van der Waals surface area contributed by atoms with Gasteiger partial charge in [0.05, 0.1) is 11.4 Å². The van der Waals surface area contributed by atoms with Crippen LogP contribution in [0.1, 0.15) is 23.8 Å². The molecule has 0 aliphatic rings. The molecule has 0 aliphatic carbocycles. The lowest BCUT2D eigenvalue weighted by atomic mass is 10.1. The monoisotopic (exact) mass is 419 g/mol. The number of rotatable bonds is 8. The van der Waals surface area contributed by atoms with E-state index in [-0.39, 0.29) is 23.8 Å². The maximum atomic E-state index is 12.0. The lowest BCUT2D eigenvalue weighted by Gasteiger charge is -2.10. The highest BCUT2D eigenvalue weighted by Crippen LogP contribution is 2.26. The van der Waals surface area contributed by atoms with Crippen LogP contribution in [0, 0.1) is 0 Å². The Labute approximate surface area is 167 Å². The molecule has 0 aliphatic heterocycles. The predicted molar refractivity (Wildman–Crippen MR) is 108 cm³/mol. The second-order valence-electron chi connectivity index (χ2n) is 6.45. The molecule has 3 aromatic rings. The van der Waals surface area contributed by atoms with Crippen molar-refractivity contribution in [1.82, 2.24) is 5.32 Å². The second-order valence-corrected chi connectivity index (χ2v) is 9.25. The molecule has 3 rings (SSSR count). The number of amides is 1. The zero-order valence-electron chi connectivity index (χ0n) is 15.3. The van der Waals surface area contributed by atoms with Crippen LogP contribution in [0.4, 0.5) is 0 Å². The molecule has 28 heavy (non-hydrogen) atoms. The number of aliphatic hydroxyl groups excluding tert-OH is 1. The zero-order chi connectivity index (χ0) is 20.1. The minimum Gasteiger partial charge on any atom is -0.458 e. The maximum Gasteiger partial charge on any atom is 0.220 e. The second kappa shape index (κ2) is 8.72. The van der Waals surface area contributed by atoms with E-state index >= 15 is 0 Å². The molecule has 6 nitrogen and oxygen atoms in total. The Bertz CT molecular complexity index is 1020. The molecule has 0 saturated carbocycles. The number of carbonyl (C=O) groups excluding carboxylic acids is 1. The normalized spacial score (nSPS) is 12.6. The van der Waals surface area contributed by atoms with E-state index in [9.17, 15) is 18.3 Å². The molecule has 1 atom stereocenters. The van der Waals surface area contributed by atoms with Crippen molar-refractivity contribution < 1.29 is 22.7 Å². The Morgan fingerprint density at radius 1 is 1.18 bits per heavy atom. The van der Waals surface area contributed by atoms with Crippen LogP contribution in [0.3, 0.4) is 0 Å². The molecule has 8 heteroatoms. The van der Waals surface area contributed by atoms with Gasteiger partial charge in [-0.15, -0.1) is 0 Å². The van der Waals surface area contributed by atoms with E-state index in [1.165, 1.54) is 12.1 Å². The Morgan fingerprint density at radius 3 is 2.57 bits per heavy atom. The van der Waals surface area contributed by atoms with Crippen LogP contribution < -0.4 is 5.32 Å². The zero-order valence-corrected chi connectivity index (χ0v) is 16.9. The fraction of sp³-hybridized carbons (Fsp3) is 0.250. The highest BCUT2D eigenvalue weighted by molar-refractivity contribution is 7.90. The van der Waals surface area contributed by atoms with Gasteiger partial charge < -0.3 is 14.8 Å². The number of hydrogen-bond donors (Lipinski definition) is 2. The fourth-order valence-electron chi connectivity index (χ4n) is 2.65. The van der Waals surface area contributed by atoms with Crippen molar-refractivity contribution in [3.05, 3.63) is 64.5 Å². The molecule has 148 valence electrons. The molecule has 1 aromatic carbocycles. The van der Waals surface area contributed by atoms with Gasteiger partial charge in [0.2, 0.25) is 5.91 Å². The van der Waals surface area contributed by atoms with E-state index < -0.39 is 15.9 Å². The van der Waals surface area contributed by atoms with Gasteiger partial charge in [-0.25, -0.2) is 8.42 Å². The van der Waals surface area contributed by atoms with Gasteiger partial charge in [0.25, 0.3) is 0 Å². The molecule has 0 spiro atoms. The van der Waals surface area contributed by atoms with Crippen LogP contribution in [0.25, 0.3) is 11.3 Å². The largest absolute Gasteiger partial charge is 0.458 e. The quantitative estimate of drug-likeness (QED) is 0.584. The maximum absolute atomic E-state index is 12.0. The van der Waals surface area contributed by atoms with E-state index in [0.717, 1.165) is 17.4 Å². The standard InChI is InChI=1S/C20H21NO5S2/c1-28(24,25)16-5-2-14(3-6-16)4-9-20(23)21-12-17(22)19-8-7-18(26-19)15-10-11-27-13-15/h2-3,5-8,10-11,13,17,22H,4,9,12H2,1H3,(H,21,23)/t17-/m1/s1. The number of aliphatic hydroxyl groups is 1. The molecule has 0 saturated heterocycles. The summed E-state index contributed by atoms with van der Waals surface area (Å²) in [5.74, 6) is 0.882. The van der Waals surface area contributed by atoms with Gasteiger partial charge in [-0.3, -0.25) is 4.79 Å². The Morgan fingerprint density at radius 2 is 1.93 bits per heavy atom. The molecule has 0 radical (unpaired) electrons. The van der Waals surface area contributed by atoms with Crippen molar-refractivity contribution in [3.63, 3.8) is 0 Å². The highest BCUT2D eigenvalue weighted by Gasteiger charge is 2.15. The first-order valence-electron chi connectivity index (χ1n) is 8.69. The van der Waals surface area contributed by atoms with Gasteiger partial charge in [-0.2, -0.15) is 11.3 Å². The van der Waals surface area contributed by atoms with E-state index in [0.29, 0.717) is 17.9 Å². The number of thiophene rings is 1. The lowest BCUT2D eigenvalue weighted by molar-refractivity contribution is -0.121. The van der Waals surface area contributed by atoms with Crippen molar-refractivity contribution in [2.75, 3.05) is 12.8 Å². The molecule has 2 aromatic heterocycles. The third-order valence-electron chi connectivity index (χ3n) is 4.25. The third-order valence-corrected chi connectivity index (χ3v) is 6.06. The van der Waals surface area contributed by atoms with Crippen molar-refractivity contribution in [3.8, 4) is 11.3 Å². The van der Waals surface area contributed by atoms with E-state index in [2.05, 4.69) is 5.32 Å². The van der Waals surface area contributed by atoms with Crippen LogP contribution >= 0.6 is 11.3 Å². The predicted octanol–water partition coefficient (Wildman–Crippen LogP) is 3.19. The average Bonchev–Trinajstić information content (AvgIpc) is 3.35. The van der Waals surface area contributed by atoms with Crippen molar-refractivity contribution >= 4 is 27.1 Å². The minimum absolute atomic E-state index is 0.0580. The molecule has 2 heterocycles. The van der Waals surface area contributed by atoms with Crippen molar-refractivity contribution in [2.45, 2.75) is 23.8 Å². The summed E-state index contributed by atoms with van der Waals surface area (Å²) in [7, 11) is -3.22. The van der Waals surface area contributed by atoms with Gasteiger partial charge in [0.15, 0.2) is 9.84 Å². The van der Waals surface area contributed by atoms with Gasteiger partial charge in [-0.05, 0) is 47.7 Å². The number of sulfone groups is 1. The number of carbonyl (C=O) groups is 1. The van der Waals surface area contributed by atoms with E-state index in [1.807, 2.05) is 16.8 Å². The number of aryl methyl sites for hydroxylation is 1. The smallest absolute Gasteiger partial charge is 0.220 e. The number of benzene rings is 1. The van der Waals surface area contributed by atoms with Crippen LogP contribution in [0.2, 0.25) is 0 Å². The van der Waals surface area contributed by atoms with Gasteiger partial charge in [0, 0.05) is 23.6 Å². The topological polar surface area (TPSA) is 96.6 Å². The Kier molecular flexibility index (Phi) is 6.33. The summed E-state index contributed by atoms with van der Waals surface area (Å²) in [6, 6.07) is 11.9. The van der Waals surface area contributed by atoms with Crippen LogP contribution in [-0.2, 0) is 21.1 Å². The first-order chi connectivity index (χ1) is 13.3. The van der Waals surface area contributed by atoms with E-state index in [1.54, 1.807) is 35.6 Å². The summed E-state index contributed by atoms with van der Waals surface area (Å²) in [5, 5.41) is 16.8. The number of furan rings is 1. The Balaban J connectivity index is 1.46. The van der Waals surface area contributed by atoms with Crippen LogP contribution in [0.15, 0.2) is 62.5 Å². The average molecular weight is 420 g/mol. The molecule has 0 unspecified atom stereocenters. The van der Waals surface area contributed by atoms with Crippen molar-refractivity contribution in [1.29, 1.82) is 0 Å². The summed E-state index contributed by atoms with van der Waals surface area (Å²) in [6.45, 7) is 0.0580. The van der Waals surface area contributed by atoms with Crippen LogP contribution in [-0.4, -0.2) is 32.2 Å². The Hall–Kier alpha value is -2.42. The van der Waals surface area contributed by atoms with Crippen LogP contribution in [0.5, 0.6) is 0 Å². The first kappa shape index (κ1) is 20.3. The summed E-state index contributed by atoms with van der Waals surface area (Å²) >= 11 is 1.56. The highest BCUT2D eigenvalue weighted by atomic mass is 32.2. The minimum atomic E-state index is -3.22. The molecule has 1 amide bonds. The van der Waals surface area contributed by atoms with Gasteiger partial charge in [-0.1, -0.05) is 12.1 Å². The fourth-order valence-corrected chi connectivity index (χ4v) is 3.93. The molecule has 2 N–H and O–H groups in total. The van der Waals surface area contributed by atoms with Gasteiger partial charge >= 0.3 is 0 Å². The SMILES string of the molecule is CS(=O)(=O)c1ccc(CCC(=O)NC[C@@H](O)c2ccc(-c3ccsc3)o2)cc1. The summed E-state index contributed by atoms with van der Waals surface area (Å²) in [6.07, 6.45) is 0.951. The summed E-state index contributed by atoms with van der Waals surface area (Å²) in [5.41, 5.74) is 1.82. The first-order valence-corrected chi connectivity index (χ1v) is 11.5. The molecule has 0 bridgehead atoms. The van der Waals surface area contributed by atoms with Crippen molar-refractivity contribution in [2.24, 2.45) is 0 Å². The molecular weight excluding hydrogens is 398 g/mol.